The van der Waals surface area contributed by atoms with E-state index in [9.17, 15) is 9.90 Å². The van der Waals surface area contributed by atoms with Crippen LogP contribution in [0.2, 0.25) is 0 Å². The Morgan fingerprint density at radius 2 is 2.24 bits per heavy atom. The number of esters is 1. The van der Waals surface area contributed by atoms with E-state index in [0.29, 0.717) is 25.0 Å². The average molecular weight is 236 g/mol. The molecule has 1 saturated heterocycles. The van der Waals surface area contributed by atoms with Crippen LogP contribution in [0.5, 0.6) is 0 Å². The van der Waals surface area contributed by atoms with Gasteiger partial charge in [-0.3, -0.25) is 0 Å². The van der Waals surface area contributed by atoms with Gasteiger partial charge >= 0.3 is 5.97 Å². The zero-order chi connectivity index (χ0) is 12.3. The molecule has 1 aromatic rings. The lowest BCUT2D eigenvalue weighted by Crippen LogP contribution is -2.24. The number of aliphatic hydroxyl groups is 1. The standard InChI is InChI=1S/C13H16O4/c1-16-13(15)11-5-3-2-4-10(11)12-8-9(14)6-7-17-12/h2-5,9,12,14H,6-8H2,1H3/t9-,12+/m0/s1. The lowest BCUT2D eigenvalue weighted by atomic mass is 9.95. The van der Waals surface area contributed by atoms with Crippen molar-refractivity contribution in [2.24, 2.45) is 0 Å². The minimum Gasteiger partial charge on any atom is -0.465 e. The van der Waals surface area contributed by atoms with Crippen molar-refractivity contribution in [1.82, 2.24) is 0 Å². The van der Waals surface area contributed by atoms with Gasteiger partial charge in [0.15, 0.2) is 0 Å². The number of hydrogen-bond donors (Lipinski definition) is 1. The second kappa shape index (κ2) is 5.29. The summed E-state index contributed by atoms with van der Waals surface area (Å²) in [5.41, 5.74) is 1.30. The second-order valence-corrected chi connectivity index (χ2v) is 4.12. The van der Waals surface area contributed by atoms with Crippen LogP contribution < -0.4 is 0 Å². The first-order chi connectivity index (χ1) is 8.22. The summed E-state index contributed by atoms with van der Waals surface area (Å²) in [7, 11) is 1.36. The Hall–Kier alpha value is -1.39. The molecule has 1 aliphatic rings. The molecule has 1 aromatic carbocycles. The molecule has 0 radical (unpaired) electrons. The summed E-state index contributed by atoms with van der Waals surface area (Å²) in [6, 6.07) is 7.20. The van der Waals surface area contributed by atoms with Crippen molar-refractivity contribution in [2.45, 2.75) is 25.0 Å². The van der Waals surface area contributed by atoms with Crippen molar-refractivity contribution in [3.05, 3.63) is 35.4 Å². The number of carbonyl (C=O) groups excluding carboxylic acids is 1. The first kappa shape index (κ1) is 12.1. The number of aliphatic hydroxyl groups excluding tert-OH is 1. The summed E-state index contributed by atoms with van der Waals surface area (Å²) < 4.78 is 10.3. The second-order valence-electron chi connectivity index (χ2n) is 4.12. The molecule has 1 fully saturated rings. The van der Waals surface area contributed by atoms with E-state index in [4.69, 9.17) is 9.47 Å². The molecule has 0 bridgehead atoms. The maximum atomic E-state index is 11.6. The van der Waals surface area contributed by atoms with Crippen LogP contribution in [0.15, 0.2) is 24.3 Å². The van der Waals surface area contributed by atoms with Crippen LogP contribution in [0.1, 0.15) is 34.9 Å². The molecular weight excluding hydrogens is 220 g/mol. The smallest absolute Gasteiger partial charge is 0.338 e. The molecular formula is C13H16O4. The molecule has 1 N–H and O–H groups in total. The van der Waals surface area contributed by atoms with E-state index in [1.54, 1.807) is 12.1 Å². The number of ether oxygens (including phenoxy) is 2. The van der Waals surface area contributed by atoms with E-state index < -0.39 is 0 Å². The maximum absolute atomic E-state index is 11.6. The molecule has 0 saturated carbocycles. The first-order valence-electron chi connectivity index (χ1n) is 5.69. The highest BCUT2D eigenvalue weighted by atomic mass is 16.5. The van der Waals surface area contributed by atoms with Crippen LogP contribution in [0.4, 0.5) is 0 Å². The number of hydrogen-bond acceptors (Lipinski definition) is 4. The molecule has 1 heterocycles. The first-order valence-corrected chi connectivity index (χ1v) is 5.69. The van der Waals surface area contributed by atoms with E-state index in [2.05, 4.69) is 0 Å². The van der Waals surface area contributed by atoms with Gasteiger partial charge in [0.1, 0.15) is 0 Å². The summed E-state index contributed by atoms with van der Waals surface area (Å²) in [4.78, 5) is 11.6. The Bertz CT molecular complexity index is 402. The fourth-order valence-corrected chi connectivity index (χ4v) is 2.07. The highest BCUT2D eigenvalue weighted by Crippen LogP contribution is 2.30. The minimum atomic E-state index is -0.371. The van der Waals surface area contributed by atoms with Crippen LogP contribution in [0.25, 0.3) is 0 Å². The SMILES string of the molecule is COC(=O)c1ccccc1[C@H]1C[C@@H](O)CCO1. The van der Waals surface area contributed by atoms with Gasteiger partial charge in [-0.1, -0.05) is 18.2 Å². The molecule has 2 atom stereocenters. The van der Waals surface area contributed by atoms with Gasteiger partial charge in [-0.05, 0) is 18.1 Å². The number of rotatable bonds is 2. The van der Waals surface area contributed by atoms with Crippen LogP contribution >= 0.6 is 0 Å². The number of methoxy groups -OCH3 is 1. The summed E-state index contributed by atoms with van der Waals surface area (Å²) in [6.45, 7) is 0.515. The fourth-order valence-electron chi connectivity index (χ4n) is 2.07. The van der Waals surface area contributed by atoms with Crippen molar-refractivity contribution in [3.8, 4) is 0 Å². The van der Waals surface area contributed by atoms with Crippen molar-refractivity contribution < 1.29 is 19.4 Å². The molecule has 0 spiro atoms. The van der Waals surface area contributed by atoms with Gasteiger partial charge in [-0.25, -0.2) is 4.79 Å². The van der Waals surface area contributed by atoms with E-state index in [0.717, 1.165) is 5.56 Å². The Kier molecular flexibility index (Phi) is 3.76. The Labute approximate surface area is 100 Å². The van der Waals surface area contributed by atoms with Crippen LogP contribution in [-0.4, -0.2) is 30.9 Å². The Balaban J connectivity index is 2.27. The molecule has 92 valence electrons. The highest BCUT2D eigenvalue weighted by Gasteiger charge is 2.26. The maximum Gasteiger partial charge on any atom is 0.338 e. The van der Waals surface area contributed by atoms with Crippen molar-refractivity contribution in [1.29, 1.82) is 0 Å². The van der Waals surface area contributed by atoms with Crippen LogP contribution in [-0.2, 0) is 9.47 Å². The van der Waals surface area contributed by atoms with Crippen molar-refractivity contribution in [3.63, 3.8) is 0 Å². The third-order valence-electron chi connectivity index (χ3n) is 2.97. The molecule has 2 rings (SSSR count). The zero-order valence-electron chi connectivity index (χ0n) is 9.76. The quantitative estimate of drug-likeness (QED) is 0.794. The molecule has 0 aliphatic carbocycles. The third kappa shape index (κ3) is 2.65. The van der Waals surface area contributed by atoms with Gasteiger partial charge < -0.3 is 14.6 Å². The molecule has 0 amide bonds. The molecule has 17 heavy (non-hydrogen) atoms. The molecule has 0 unspecified atom stereocenters. The molecule has 0 aromatic heterocycles. The largest absolute Gasteiger partial charge is 0.465 e. The van der Waals surface area contributed by atoms with Gasteiger partial charge in [-0.2, -0.15) is 0 Å². The molecule has 4 nitrogen and oxygen atoms in total. The van der Waals surface area contributed by atoms with Gasteiger partial charge in [-0.15, -0.1) is 0 Å². The van der Waals surface area contributed by atoms with Gasteiger partial charge in [0.2, 0.25) is 0 Å². The molecule has 4 heteroatoms. The summed E-state index contributed by atoms with van der Waals surface area (Å²) in [6.07, 6.45) is 0.582. The zero-order valence-corrected chi connectivity index (χ0v) is 9.76. The average Bonchev–Trinajstić information content (AvgIpc) is 2.38. The third-order valence-corrected chi connectivity index (χ3v) is 2.97. The Morgan fingerprint density at radius 3 is 2.94 bits per heavy atom. The van der Waals surface area contributed by atoms with E-state index in [1.807, 2.05) is 12.1 Å². The highest BCUT2D eigenvalue weighted by molar-refractivity contribution is 5.91. The van der Waals surface area contributed by atoms with Crippen LogP contribution in [0, 0.1) is 0 Å². The molecule has 1 aliphatic heterocycles. The van der Waals surface area contributed by atoms with Gasteiger partial charge in [0, 0.05) is 13.0 Å². The van der Waals surface area contributed by atoms with Crippen molar-refractivity contribution >= 4 is 5.97 Å². The van der Waals surface area contributed by atoms with E-state index >= 15 is 0 Å². The predicted octanol–water partition coefficient (Wildman–Crippen LogP) is 1.69. The van der Waals surface area contributed by atoms with Gasteiger partial charge in [0.25, 0.3) is 0 Å². The Morgan fingerprint density at radius 1 is 1.47 bits per heavy atom. The van der Waals surface area contributed by atoms with E-state index in [-0.39, 0.29) is 18.2 Å². The monoisotopic (exact) mass is 236 g/mol. The fraction of sp³-hybridized carbons (Fsp3) is 0.462. The summed E-state index contributed by atoms with van der Waals surface area (Å²) in [5, 5.41) is 9.63. The van der Waals surface area contributed by atoms with Crippen LogP contribution in [0.3, 0.4) is 0 Å². The topological polar surface area (TPSA) is 55.8 Å². The summed E-state index contributed by atoms with van der Waals surface area (Å²) >= 11 is 0. The normalized spacial score (nSPS) is 24.4. The van der Waals surface area contributed by atoms with Crippen molar-refractivity contribution in [2.75, 3.05) is 13.7 Å². The lowest BCUT2D eigenvalue weighted by Gasteiger charge is -2.27. The van der Waals surface area contributed by atoms with E-state index in [1.165, 1.54) is 7.11 Å². The van der Waals surface area contributed by atoms with Gasteiger partial charge in [0.05, 0.1) is 24.9 Å². The number of benzene rings is 1. The number of carbonyl (C=O) groups is 1. The minimum absolute atomic E-state index is 0.228. The lowest BCUT2D eigenvalue weighted by molar-refractivity contribution is -0.0452. The summed E-state index contributed by atoms with van der Waals surface area (Å²) in [5.74, 6) is -0.371. The predicted molar refractivity (Wildman–Crippen MR) is 61.7 cm³/mol.